The first-order valence-electron chi connectivity index (χ1n) is 9.04. The normalized spacial score (nSPS) is 10.6. The Morgan fingerprint density at radius 2 is 1.46 bits per heavy atom. The number of ether oxygens (including phenoxy) is 2. The Bertz CT molecular complexity index is 707. The van der Waals surface area contributed by atoms with E-state index < -0.39 is 11.9 Å². The molecule has 0 amide bonds. The fourth-order valence-corrected chi connectivity index (χ4v) is 2.50. The first kappa shape index (κ1) is 19.7. The Morgan fingerprint density at radius 1 is 0.846 bits per heavy atom. The fourth-order valence-electron chi connectivity index (χ4n) is 2.50. The summed E-state index contributed by atoms with van der Waals surface area (Å²) in [6.45, 7) is 4.96. The number of rotatable bonds is 9. The molecule has 0 saturated heterocycles. The van der Waals surface area contributed by atoms with Crippen LogP contribution in [0.15, 0.2) is 54.6 Å². The average molecular weight is 354 g/mol. The van der Waals surface area contributed by atoms with Gasteiger partial charge in [-0.05, 0) is 42.5 Å². The third-order valence-electron chi connectivity index (χ3n) is 3.96. The zero-order valence-corrected chi connectivity index (χ0v) is 15.4. The third-order valence-corrected chi connectivity index (χ3v) is 3.96. The van der Waals surface area contributed by atoms with Gasteiger partial charge in [-0.15, -0.1) is 0 Å². The standard InChI is InChI=1S/C22H26O4/c1-17(2)8-7-14-25-21(23)19-11-6-12-20(16-19)22(24)26-15-13-18-9-4-3-5-10-18/h3-6,9-12,16-17H,7-8,13-15H2,1-2H3. The molecule has 0 aliphatic rings. The van der Waals surface area contributed by atoms with E-state index in [-0.39, 0.29) is 0 Å². The summed E-state index contributed by atoms with van der Waals surface area (Å²) >= 11 is 0. The van der Waals surface area contributed by atoms with E-state index in [1.165, 1.54) is 6.07 Å². The Labute approximate surface area is 155 Å². The lowest BCUT2D eigenvalue weighted by molar-refractivity contribution is 0.0494. The molecule has 2 aromatic rings. The van der Waals surface area contributed by atoms with E-state index in [1.807, 2.05) is 30.3 Å². The monoisotopic (exact) mass is 354 g/mol. The molecule has 0 unspecified atom stereocenters. The van der Waals surface area contributed by atoms with Crippen LogP contribution in [-0.4, -0.2) is 25.2 Å². The van der Waals surface area contributed by atoms with Crippen molar-refractivity contribution in [2.45, 2.75) is 33.1 Å². The molecular formula is C22H26O4. The minimum absolute atomic E-state index is 0.298. The lowest BCUT2D eigenvalue weighted by atomic mass is 10.1. The Morgan fingerprint density at radius 3 is 2.08 bits per heavy atom. The first-order valence-corrected chi connectivity index (χ1v) is 9.04. The van der Waals surface area contributed by atoms with Crippen molar-refractivity contribution < 1.29 is 19.1 Å². The van der Waals surface area contributed by atoms with Gasteiger partial charge < -0.3 is 9.47 Å². The molecule has 26 heavy (non-hydrogen) atoms. The van der Waals surface area contributed by atoms with Gasteiger partial charge in [-0.3, -0.25) is 0 Å². The van der Waals surface area contributed by atoms with Gasteiger partial charge in [0.15, 0.2) is 0 Å². The van der Waals surface area contributed by atoms with Crippen molar-refractivity contribution in [1.29, 1.82) is 0 Å². The molecule has 0 aliphatic carbocycles. The molecule has 2 rings (SSSR count). The Kier molecular flexibility index (Phi) is 7.87. The molecule has 0 spiro atoms. The van der Waals surface area contributed by atoms with Crippen LogP contribution in [0.25, 0.3) is 0 Å². The summed E-state index contributed by atoms with van der Waals surface area (Å²) in [5.74, 6) is -0.259. The first-order chi connectivity index (χ1) is 12.6. The van der Waals surface area contributed by atoms with E-state index in [1.54, 1.807) is 18.2 Å². The van der Waals surface area contributed by atoms with Crippen LogP contribution in [0.2, 0.25) is 0 Å². The van der Waals surface area contributed by atoms with Crippen LogP contribution in [-0.2, 0) is 15.9 Å². The summed E-state index contributed by atoms with van der Waals surface area (Å²) in [7, 11) is 0. The van der Waals surface area contributed by atoms with Crippen molar-refractivity contribution in [2.75, 3.05) is 13.2 Å². The average Bonchev–Trinajstić information content (AvgIpc) is 2.66. The molecule has 0 N–H and O–H groups in total. The number of carbonyl (C=O) groups is 2. The smallest absolute Gasteiger partial charge is 0.338 e. The van der Waals surface area contributed by atoms with E-state index in [2.05, 4.69) is 13.8 Å². The van der Waals surface area contributed by atoms with Crippen molar-refractivity contribution >= 4 is 11.9 Å². The van der Waals surface area contributed by atoms with Gasteiger partial charge >= 0.3 is 11.9 Å². The topological polar surface area (TPSA) is 52.6 Å². The van der Waals surface area contributed by atoms with Crippen LogP contribution < -0.4 is 0 Å². The highest BCUT2D eigenvalue weighted by Crippen LogP contribution is 2.10. The zero-order valence-electron chi connectivity index (χ0n) is 15.4. The van der Waals surface area contributed by atoms with E-state index >= 15 is 0 Å². The van der Waals surface area contributed by atoms with Gasteiger partial charge in [0.05, 0.1) is 24.3 Å². The summed E-state index contributed by atoms with van der Waals surface area (Å²) < 4.78 is 10.6. The van der Waals surface area contributed by atoms with Crippen LogP contribution >= 0.6 is 0 Å². The van der Waals surface area contributed by atoms with Gasteiger partial charge in [-0.1, -0.05) is 50.2 Å². The molecule has 4 heteroatoms. The van der Waals surface area contributed by atoms with Gasteiger partial charge in [0.1, 0.15) is 0 Å². The van der Waals surface area contributed by atoms with Gasteiger partial charge in [0.25, 0.3) is 0 Å². The van der Waals surface area contributed by atoms with Crippen LogP contribution in [0.5, 0.6) is 0 Å². The highest BCUT2D eigenvalue weighted by molar-refractivity contribution is 5.95. The van der Waals surface area contributed by atoms with Crippen LogP contribution in [0.3, 0.4) is 0 Å². The summed E-state index contributed by atoms with van der Waals surface area (Å²) in [5.41, 5.74) is 1.83. The highest BCUT2D eigenvalue weighted by atomic mass is 16.5. The SMILES string of the molecule is CC(C)CCCOC(=O)c1cccc(C(=O)OCCc2ccccc2)c1. The van der Waals surface area contributed by atoms with Crippen molar-refractivity contribution in [1.82, 2.24) is 0 Å². The van der Waals surface area contributed by atoms with Gasteiger partial charge in [0, 0.05) is 6.42 Å². The number of esters is 2. The highest BCUT2D eigenvalue weighted by Gasteiger charge is 2.12. The fraction of sp³-hybridized carbons (Fsp3) is 0.364. The molecule has 0 bridgehead atoms. The molecule has 0 aromatic heterocycles. The zero-order chi connectivity index (χ0) is 18.8. The maximum Gasteiger partial charge on any atom is 0.338 e. The molecule has 0 fully saturated rings. The van der Waals surface area contributed by atoms with Crippen LogP contribution in [0.4, 0.5) is 0 Å². The number of hydrogen-bond acceptors (Lipinski definition) is 4. The number of benzene rings is 2. The summed E-state index contributed by atoms with van der Waals surface area (Å²) in [4.78, 5) is 24.3. The maximum atomic E-state index is 12.2. The molecule has 0 radical (unpaired) electrons. The van der Waals surface area contributed by atoms with Crippen molar-refractivity contribution in [3.8, 4) is 0 Å². The van der Waals surface area contributed by atoms with E-state index in [0.29, 0.717) is 36.7 Å². The Balaban J connectivity index is 1.83. The lowest BCUT2D eigenvalue weighted by Gasteiger charge is -2.08. The lowest BCUT2D eigenvalue weighted by Crippen LogP contribution is -2.11. The van der Waals surface area contributed by atoms with Gasteiger partial charge in [0.2, 0.25) is 0 Å². The summed E-state index contributed by atoms with van der Waals surface area (Å²) in [6, 6.07) is 16.3. The second-order valence-corrected chi connectivity index (χ2v) is 6.62. The second-order valence-electron chi connectivity index (χ2n) is 6.62. The van der Waals surface area contributed by atoms with E-state index in [4.69, 9.17) is 9.47 Å². The van der Waals surface area contributed by atoms with Crippen molar-refractivity contribution in [3.05, 3.63) is 71.3 Å². The van der Waals surface area contributed by atoms with Crippen LogP contribution in [0, 0.1) is 5.92 Å². The molecule has 2 aromatic carbocycles. The minimum atomic E-state index is -0.435. The summed E-state index contributed by atoms with van der Waals surface area (Å²) in [5, 5.41) is 0. The molecule has 0 aliphatic heterocycles. The third kappa shape index (κ3) is 6.71. The molecule has 0 atom stereocenters. The predicted octanol–water partition coefficient (Wildman–Crippen LogP) is 4.68. The van der Waals surface area contributed by atoms with Crippen molar-refractivity contribution in [2.24, 2.45) is 5.92 Å². The largest absolute Gasteiger partial charge is 0.462 e. The quantitative estimate of drug-likeness (QED) is 0.485. The van der Waals surface area contributed by atoms with E-state index in [9.17, 15) is 9.59 Å². The Hall–Kier alpha value is -2.62. The van der Waals surface area contributed by atoms with Crippen molar-refractivity contribution in [3.63, 3.8) is 0 Å². The molecular weight excluding hydrogens is 328 g/mol. The minimum Gasteiger partial charge on any atom is -0.462 e. The number of carbonyl (C=O) groups excluding carboxylic acids is 2. The molecule has 138 valence electrons. The predicted molar refractivity (Wildman–Crippen MR) is 101 cm³/mol. The summed E-state index contributed by atoms with van der Waals surface area (Å²) in [6.07, 6.45) is 2.51. The van der Waals surface area contributed by atoms with Gasteiger partial charge in [-0.25, -0.2) is 9.59 Å². The second kappa shape index (κ2) is 10.4. The van der Waals surface area contributed by atoms with Gasteiger partial charge in [-0.2, -0.15) is 0 Å². The van der Waals surface area contributed by atoms with E-state index in [0.717, 1.165) is 18.4 Å². The molecule has 4 nitrogen and oxygen atoms in total. The molecule has 0 heterocycles. The van der Waals surface area contributed by atoms with Crippen LogP contribution in [0.1, 0.15) is 53.0 Å². The maximum absolute atomic E-state index is 12.2. The molecule has 0 saturated carbocycles. The number of hydrogen-bond donors (Lipinski definition) is 0.